The van der Waals surface area contributed by atoms with Crippen LogP contribution in [0, 0.1) is 6.92 Å². The number of hydrogen-bond donors (Lipinski definition) is 1. The van der Waals surface area contributed by atoms with Crippen molar-refractivity contribution in [2.24, 2.45) is 7.05 Å². The second-order valence-electron chi connectivity index (χ2n) is 6.24. The highest BCUT2D eigenvalue weighted by atomic mass is 32.1. The number of nitrogens with zero attached hydrogens (tertiary/aromatic N) is 4. The minimum absolute atomic E-state index is 0.0552. The van der Waals surface area contributed by atoms with Crippen LogP contribution in [0.25, 0.3) is 0 Å². The highest BCUT2D eigenvalue weighted by Gasteiger charge is 2.36. The van der Waals surface area contributed by atoms with Gasteiger partial charge in [0, 0.05) is 43.7 Å². The van der Waals surface area contributed by atoms with Gasteiger partial charge in [-0.2, -0.15) is 5.10 Å². The van der Waals surface area contributed by atoms with Crippen LogP contribution >= 0.6 is 11.3 Å². The molecule has 2 amide bonds. The number of nitrogens with one attached hydrogen (secondary N) is 1. The highest BCUT2D eigenvalue weighted by Crippen LogP contribution is 2.28. The summed E-state index contributed by atoms with van der Waals surface area (Å²) in [5.74, 6) is 0. The maximum absolute atomic E-state index is 12.4. The standard InChI is InChI=1S/C16H23N5O2S/c1-12-19-14(10-24-12)4-5-17-15(22)21-6-7-23-16(2,11-21)13-8-18-20(3)9-13/h8-10H,4-7,11H2,1-3H3,(H,17,22)/t16-/m1/s1. The van der Waals surface area contributed by atoms with Crippen LogP contribution in [-0.2, 0) is 23.8 Å². The number of amides is 2. The fourth-order valence-corrected chi connectivity index (χ4v) is 3.49. The Morgan fingerprint density at radius 1 is 1.54 bits per heavy atom. The Bertz CT molecular complexity index is 713. The normalized spacial score (nSPS) is 21.0. The van der Waals surface area contributed by atoms with Gasteiger partial charge in [-0.15, -0.1) is 11.3 Å². The lowest BCUT2D eigenvalue weighted by atomic mass is 9.97. The van der Waals surface area contributed by atoms with E-state index in [1.54, 1.807) is 22.2 Å². The minimum atomic E-state index is -0.518. The number of hydrogen-bond acceptors (Lipinski definition) is 5. The maximum atomic E-state index is 12.4. The number of morpholine rings is 1. The van der Waals surface area contributed by atoms with Crippen molar-refractivity contribution in [3.8, 4) is 0 Å². The predicted molar refractivity (Wildman–Crippen MR) is 92.0 cm³/mol. The zero-order valence-electron chi connectivity index (χ0n) is 14.3. The third kappa shape index (κ3) is 3.76. The number of aryl methyl sites for hydroxylation is 2. The molecule has 2 aromatic rings. The van der Waals surface area contributed by atoms with E-state index in [4.69, 9.17) is 4.74 Å². The number of aromatic nitrogens is 3. The van der Waals surface area contributed by atoms with E-state index in [1.807, 2.05) is 37.4 Å². The monoisotopic (exact) mass is 349 g/mol. The largest absolute Gasteiger partial charge is 0.367 e. The van der Waals surface area contributed by atoms with Crippen LogP contribution < -0.4 is 5.32 Å². The summed E-state index contributed by atoms with van der Waals surface area (Å²) in [4.78, 5) is 18.7. The van der Waals surface area contributed by atoms with Crippen molar-refractivity contribution in [2.75, 3.05) is 26.2 Å². The predicted octanol–water partition coefficient (Wildman–Crippen LogP) is 1.68. The van der Waals surface area contributed by atoms with Crippen molar-refractivity contribution in [1.82, 2.24) is 25.0 Å². The molecule has 0 aromatic carbocycles. The average Bonchev–Trinajstić information content (AvgIpc) is 3.16. The number of ether oxygens (including phenoxy) is 1. The Morgan fingerprint density at radius 2 is 2.38 bits per heavy atom. The number of rotatable bonds is 4. The molecule has 1 fully saturated rings. The van der Waals surface area contributed by atoms with E-state index >= 15 is 0 Å². The van der Waals surface area contributed by atoms with Crippen LogP contribution in [-0.4, -0.2) is 51.9 Å². The smallest absolute Gasteiger partial charge is 0.317 e. The molecule has 1 aliphatic rings. The molecule has 1 atom stereocenters. The first kappa shape index (κ1) is 16.9. The van der Waals surface area contributed by atoms with Gasteiger partial charge < -0.3 is 15.0 Å². The molecule has 1 N–H and O–H groups in total. The minimum Gasteiger partial charge on any atom is -0.367 e. The van der Waals surface area contributed by atoms with E-state index in [0.29, 0.717) is 26.2 Å². The fourth-order valence-electron chi connectivity index (χ4n) is 2.84. The average molecular weight is 349 g/mol. The molecular formula is C16H23N5O2S. The first-order valence-corrected chi connectivity index (χ1v) is 8.91. The molecule has 0 bridgehead atoms. The first-order valence-electron chi connectivity index (χ1n) is 8.03. The van der Waals surface area contributed by atoms with Gasteiger partial charge in [-0.05, 0) is 13.8 Å². The van der Waals surface area contributed by atoms with Gasteiger partial charge in [-0.25, -0.2) is 9.78 Å². The van der Waals surface area contributed by atoms with E-state index in [0.717, 1.165) is 22.7 Å². The number of carbonyl (C=O) groups is 1. The molecule has 0 unspecified atom stereocenters. The van der Waals surface area contributed by atoms with E-state index in [-0.39, 0.29) is 6.03 Å². The summed E-state index contributed by atoms with van der Waals surface area (Å²) in [6.45, 7) is 6.20. The summed E-state index contributed by atoms with van der Waals surface area (Å²) in [7, 11) is 1.88. The van der Waals surface area contributed by atoms with Crippen molar-refractivity contribution >= 4 is 17.4 Å². The summed E-state index contributed by atoms with van der Waals surface area (Å²) >= 11 is 1.63. The van der Waals surface area contributed by atoms with Gasteiger partial charge in [0.15, 0.2) is 0 Å². The Labute approximate surface area is 145 Å². The van der Waals surface area contributed by atoms with Crippen molar-refractivity contribution in [3.05, 3.63) is 34.0 Å². The van der Waals surface area contributed by atoms with Crippen molar-refractivity contribution in [1.29, 1.82) is 0 Å². The quantitative estimate of drug-likeness (QED) is 0.912. The molecule has 3 rings (SSSR count). The van der Waals surface area contributed by atoms with Crippen molar-refractivity contribution in [3.63, 3.8) is 0 Å². The molecule has 0 spiro atoms. The van der Waals surface area contributed by atoms with Crippen LogP contribution in [0.3, 0.4) is 0 Å². The topological polar surface area (TPSA) is 72.3 Å². The SMILES string of the molecule is Cc1nc(CCNC(=O)N2CCO[C@@](C)(c3cnn(C)c3)C2)cs1. The number of thiazole rings is 1. The summed E-state index contributed by atoms with van der Waals surface area (Å²) in [6.07, 6.45) is 4.48. The van der Waals surface area contributed by atoms with Gasteiger partial charge in [0.05, 0.1) is 30.1 Å². The van der Waals surface area contributed by atoms with Gasteiger partial charge in [0.25, 0.3) is 0 Å². The maximum Gasteiger partial charge on any atom is 0.317 e. The summed E-state index contributed by atoms with van der Waals surface area (Å²) in [6, 6.07) is -0.0552. The summed E-state index contributed by atoms with van der Waals surface area (Å²) in [5, 5.41) is 10.3. The Balaban J connectivity index is 1.55. The molecule has 0 saturated carbocycles. The third-order valence-corrected chi connectivity index (χ3v) is 5.02. The summed E-state index contributed by atoms with van der Waals surface area (Å²) in [5.41, 5.74) is 1.50. The third-order valence-electron chi connectivity index (χ3n) is 4.20. The molecular weight excluding hydrogens is 326 g/mol. The lowest BCUT2D eigenvalue weighted by molar-refractivity contribution is -0.0906. The van der Waals surface area contributed by atoms with Crippen molar-refractivity contribution in [2.45, 2.75) is 25.9 Å². The Hall–Kier alpha value is -1.93. The Kier molecular flexibility index (Phi) is 4.86. The van der Waals surface area contributed by atoms with E-state index in [2.05, 4.69) is 15.4 Å². The van der Waals surface area contributed by atoms with E-state index in [9.17, 15) is 4.79 Å². The zero-order valence-corrected chi connectivity index (χ0v) is 15.1. The second-order valence-corrected chi connectivity index (χ2v) is 7.31. The first-order chi connectivity index (χ1) is 11.5. The molecule has 1 aliphatic heterocycles. The lowest BCUT2D eigenvalue weighted by Gasteiger charge is -2.40. The number of urea groups is 1. The van der Waals surface area contributed by atoms with Crippen LogP contribution in [0.1, 0.15) is 23.2 Å². The second kappa shape index (κ2) is 6.90. The van der Waals surface area contributed by atoms with Gasteiger partial charge in [-0.1, -0.05) is 0 Å². The van der Waals surface area contributed by atoms with Crippen LogP contribution in [0.15, 0.2) is 17.8 Å². The molecule has 1 saturated heterocycles. The van der Waals surface area contributed by atoms with E-state index in [1.165, 1.54) is 0 Å². The molecule has 8 heteroatoms. The molecule has 7 nitrogen and oxygen atoms in total. The lowest BCUT2D eigenvalue weighted by Crippen LogP contribution is -2.53. The molecule has 0 radical (unpaired) electrons. The molecule has 2 aromatic heterocycles. The van der Waals surface area contributed by atoms with Crippen LogP contribution in [0.2, 0.25) is 0 Å². The Morgan fingerprint density at radius 3 is 3.04 bits per heavy atom. The fraction of sp³-hybridized carbons (Fsp3) is 0.562. The number of carbonyl (C=O) groups excluding carboxylic acids is 1. The van der Waals surface area contributed by atoms with Gasteiger partial charge in [-0.3, -0.25) is 4.68 Å². The summed E-state index contributed by atoms with van der Waals surface area (Å²) < 4.78 is 7.69. The van der Waals surface area contributed by atoms with Crippen LogP contribution in [0.4, 0.5) is 4.79 Å². The van der Waals surface area contributed by atoms with Gasteiger partial charge >= 0.3 is 6.03 Å². The van der Waals surface area contributed by atoms with Crippen LogP contribution in [0.5, 0.6) is 0 Å². The molecule has 0 aliphatic carbocycles. The van der Waals surface area contributed by atoms with E-state index < -0.39 is 5.60 Å². The van der Waals surface area contributed by atoms with Crippen molar-refractivity contribution < 1.29 is 9.53 Å². The van der Waals surface area contributed by atoms with Gasteiger partial charge in [0.2, 0.25) is 0 Å². The molecule has 3 heterocycles. The molecule has 130 valence electrons. The van der Waals surface area contributed by atoms with Gasteiger partial charge in [0.1, 0.15) is 5.60 Å². The highest BCUT2D eigenvalue weighted by molar-refractivity contribution is 7.09. The molecule has 24 heavy (non-hydrogen) atoms. The zero-order chi connectivity index (χ0) is 17.2.